The van der Waals surface area contributed by atoms with Crippen molar-refractivity contribution in [2.45, 2.75) is 58.3 Å². The Morgan fingerprint density at radius 1 is 0.718 bits per heavy atom. The van der Waals surface area contributed by atoms with Crippen LogP contribution in [0.3, 0.4) is 0 Å². The Morgan fingerprint density at radius 3 is 1.95 bits per heavy atom. The molecule has 0 aliphatic heterocycles. The van der Waals surface area contributed by atoms with Crippen LogP contribution in [0.2, 0.25) is 0 Å². The number of halogens is 6. The summed E-state index contributed by atoms with van der Waals surface area (Å²) < 4.78 is 97.6. The summed E-state index contributed by atoms with van der Waals surface area (Å²) in [5.74, 6) is -9.94. The molecule has 0 bridgehead atoms. The van der Waals surface area contributed by atoms with E-state index in [0.29, 0.717) is 25.7 Å². The number of ether oxygens (including phenoxy) is 2. The average Bonchev–Trinajstić information content (AvgIpc) is 2.93. The summed E-state index contributed by atoms with van der Waals surface area (Å²) in [6, 6.07) is 7.43. The molecule has 0 atom stereocenters. The highest BCUT2D eigenvalue weighted by atomic mass is 19.2. The molecule has 1 saturated carbocycles. The van der Waals surface area contributed by atoms with Gasteiger partial charge >= 0.3 is 5.97 Å². The third-order valence-electron chi connectivity index (χ3n) is 7.11. The number of esters is 1. The van der Waals surface area contributed by atoms with E-state index in [9.17, 15) is 22.4 Å². The number of benzene rings is 3. The smallest absolute Gasteiger partial charge is 0.314 e. The number of carbonyl (C=O) groups excluding carboxylic acids is 1. The van der Waals surface area contributed by atoms with Crippen molar-refractivity contribution in [3.05, 3.63) is 82.4 Å². The van der Waals surface area contributed by atoms with Crippen molar-refractivity contribution in [3.8, 4) is 22.6 Å². The van der Waals surface area contributed by atoms with Crippen LogP contribution in [0.5, 0.6) is 11.5 Å². The fourth-order valence-corrected chi connectivity index (χ4v) is 5.04. The van der Waals surface area contributed by atoms with Crippen LogP contribution in [0.4, 0.5) is 26.3 Å². The topological polar surface area (TPSA) is 35.5 Å². The van der Waals surface area contributed by atoms with Gasteiger partial charge in [-0.25, -0.2) is 17.6 Å². The normalized spacial score (nSPS) is 17.2. The van der Waals surface area contributed by atoms with Gasteiger partial charge in [0.25, 0.3) is 0 Å². The van der Waals surface area contributed by atoms with E-state index in [1.807, 2.05) is 6.92 Å². The molecule has 1 fully saturated rings. The van der Waals surface area contributed by atoms with E-state index in [0.717, 1.165) is 12.1 Å². The first-order chi connectivity index (χ1) is 18.7. The van der Waals surface area contributed by atoms with E-state index in [2.05, 4.69) is 0 Å². The second kappa shape index (κ2) is 12.1. The zero-order valence-corrected chi connectivity index (χ0v) is 21.6. The predicted octanol–water partition coefficient (Wildman–Crippen LogP) is 8.42. The van der Waals surface area contributed by atoms with Gasteiger partial charge in [0.2, 0.25) is 11.6 Å². The Labute approximate surface area is 222 Å². The monoisotopic (exact) mass is 550 g/mol. The van der Waals surface area contributed by atoms with E-state index in [4.69, 9.17) is 9.47 Å². The molecular formula is C30H28F6O3. The molecule has 0 saturated heterocycles. The minimum absolute atomic E-state index is 0.0644. The summed E-state index contributed by atoms with van der Waals surface area (Å²) in [5, 5.41) is 0. The SMILES string of the molecule is CCCc1ccc(OC(=O)C2CCC(c3ccc(-c4ccc(OCC)c(F)c4F)c(F)c3F)CC2)c(F)c1F. The van der Waals surface area contributed by atoms with Crippen LogP contribution >= 0.6 is 0 Å². The summed E-state index contributed by atoms with van der Waals surface area (Å²) in [5.41, 5.74) is -0.593. The van der Waals surface area contributed by atoms with Gasteiger partial charge in [0.1, 0.15) is 0 Å². The number of hydrogen-bond acceptors (Lipinski definition) is 3. The molecule has 0 heterocycles. The van der Waals surface area contributed by atoms with Gasteiger partial charge in [0.05, 0.1) is 12.5 Å². The molecule has 0 amide bonds. The van der Waals surface area contributed by atoms with Crippen molar-refractivity contribution >= 4 is 5.97 Å². The molecule has 1 aliphatic rings. The van der Waals surface area contributed by atoms with Gasteiger partial charge < -0.3 is 9.47 Å². The molecule has 3 nitrogen and oxygen atoms in total. The lowest BCUT2D eigenvalue weighted by atomic mass is 9.78. The Bertz CT molecular complexity index is 1370. The summed E-state index contributed by atoms with van der Waals surface area (Å²) in [6.45, 7) is 3.54. The summed E-state index contributed by atoms with van der Waals surface area (Å²) in [6.07, 6.45) is 2.14. The van der Waals surface area contributed by atoms with E-state index in [1.54, 1.807) is 6.92 Å². The maximum atomic E-state index is 15.1. The minimum atomic E-state index is -1.35. The second-order valence-electron chi connectivity index (χ2n) is 9.57. The van der Waals surface area contributed by atoms with Crippen LogP contribution in [-0.2, 0) is 11.2 Å². The fourth-order valence-electron chi connectivity index (χ4n) is 5.04. The Balaban J connectivity index is 1.45. The van der Waals surface area contributed by atoms with Gasteiger partial charge in [-0.2, -0.15) is 8.78 Å². The van der Waals surface area contributed by atoms with Crippen molar-refractivity contribution < 1.29 is 40.6 Å². The maximum absolute atomic E-state index is 15.1. The molecule has 0 N–H and O–H groups in total. The predicted molar refractivity (Wildman–Crippen MR) is 134 cm³/mol. The summed E-state index contributed by atoms with van der Waals surface area (Å²) in [4.78, 5) is 12.6. The van der Waals surface area contributed by atoms with Crippen molar-refractivity contribution in [1.82, 2.24) is 0 Å². The average molecular weight is 551 g/mol. The third-order valence-corrected chi connectivity index (χ3v) is 7.11. The van der Waals surface area contributed by atoms with Crippen molar-refractivity contribution in [2.75, 3.05) is 6.61 Å². The lowest BCUT2D eigenvalue weighted by Gasteiger charge is -2.28. The van der Waals surface area contributed by atoms with E-state index in [-0.39, 0.29) is 36.3 Å². The molecule has 0 unspecified atom stereocenters. The molecule has 9 heteroatoms. The highest BCUT2D eigenvalue weighted by Gasteiger charge is 2.32. The zero-order chi connectivity index (χ0) is 28.3. The standard InChI is InChI=1S/C30H28F6O3/c1-3-5-17-10-14-23(29(36)24(17)31)39-30(37)18-8-6-16(7-9-18)19-11-12-20(26(33)25(19)32)21-13-15-22(38-4-2)28(35)27(21)34/h10-16,18H,3-9H2,1-2H3. The number of carbonyl (C=O) groups is 1. The Morgan fingerprint density at radius 2 is 1.31 bits per heavy atom. The van der Waals surface area contributed by atoms with E-state index >= 15 is 8.78 Å². The third kappa shape index (κ3) is 5.77. The molecule has 3 aromatic carbocycles. The van der Waals surface area contributed by atoms with Gasteiger partial charge in [0, 0.05) is 11.1 Å². The molecule has 0 spiro atoms. The first-order valence-electron chi connectivity index (χ1n) is 12.9. The molecule has 39 heavy (non-hydrogen) atoms. The van der Waals surface area contributed by atoms with Gasteiger partial charge in [-0.3, -0.25) is 4.79 Å². The fraction of sp³-hybridized carbons (Fsp3) is 0.367. The molecule has 208 valence electrons. The zero-order valence-electron chi connectivity index (χ0n) is 21.6. The lowest BCUT2D eigenvalue weighted by molar-refractivity contribution is -0.140. The van der Waals surface area contributed by atoms with Crippen LogP contribution < -0.4 is 9.47 Å². The highest BCUT2D eigenvalue weighted by molar-refractivity contribution is 5.75. The highest BCUT2D eigenvalue weighted by Crippen LogP contribution is 2.40. The van der Waals surface area contributed by atoms with E-state index in [1.165, 1.54) is 24.3 Å². The van der Waals surface area contributed by atoms with Gasteiger partial charge in [-0.05, 0) is 74.3 Å². The van der Waals surface area contributed by atoms with Crippen LogP contribution in [0.1, 0.15) is 63.0 Å². The summed E-state index contributed by atoms with van der Waals surface area (Å²) >= 11 is 0. The van der Waals surface area contributed by atoms with Gasteiger partial charge in [-0.1, -0.05) is 31.5 Å². The maximum Gasteiger partial charge on any atom is 0.314 e. The van der Waals surface area contributed by atoms with Crippen molar-refractivity contribution in [2.24, 2.45) is 5.92 Å². The van der Waals surface area contributed by atoms with Crippen LogP contribution in [0.25, 0.3) is 11.1 Å². The molecule has 3 aromatic rings. The summed E-state index contributed by atoms with van der Waals surface area (Å²) in [7, 11) is 0. The van der Waals surface area contributed by atoms with Crippen LogP contribution in [0, 0.1) is 40.8 Å². The quantitative estimate of drug-likeness (QED) is 0.160. The van der Waals surface area contributed by atoms with Gasteiger partial charge in [0.15, 0.2) is 34.8 Å². The van der Waals surface area contributed by atoms with Crippen molar-refractivity contribution in [3.63, 3.8) is 0 Å². The Hall–Kier alpha value is -3.49. The molecular weight excluding hydrogens is 522 g/mol. The Kier molecular flexibility index (Phi) is 8.87. The minimum Gasteiger partial charge on any atom is -0.491 e. The number of aryl methyl sites for hydroxylation is 1. The van der Waals surface area contributed by atoms with Crippen LogP contribution in [0.15, 0.2) is 36.4 Å². The van der Waals surface area contributed by atoms with Crippen LogP contribution in [-0.4, -0.2) is 12.6 Å². The first kappa shape index (κ1) is 28.5. The first-order valence-corrected chi connectivity index (χ1v) is 12.9. The number of rotatable bonds is 8. The van der Waals surface area contributed by atoms with E-state index < -0.39 is 69.6 Å². The molecule has 1 aliphatic carbocycles. The molecule has 0 aromatic heterocycles. The second-order valence-corrected chi connectivity index (χ2v) is 9.57. The lowest BCUT2D eigenvalue weighted by Crippen LogP contribution is -2.26. The molecule has 4 rings (SSSR count). The molecule has 0 radical (unpaired) electrons. The van der Waals surface area contributed by atoms with Gasteiger partial charge in [-0.15, -0.1) is 0 Å². The van der Waals surface area contributed by atoms with Crippen molar-refractivity contribution in [1.29, 1.82) is 0 Å². The number of hydrogen-bond donors (Lipinski definition) is 0. The largest absolute Gasteiger partial charge is 0.491 e.